The first kappa shape index (κ1) is 9.82. The van der Waals surface area contributed by atoms with Crippen LogP contribution < -0.4 is 0 Å². The number of aliphatic hydroxyl groups excluding tert-OH is 1. The number of aromatic nitrogens is 1. The van der Waals surface area contributed by atoms with E-state index in [9.17, 15) is 0 Å². The van der Waals surface area contributed by atoms with Crippen LogP contribution >= 0.6 is 0 Å². The van der Waals surface area contributed by atoms with E-state index < -0.39 is 0 Å². The van der Waals surface area contributed by atoms with Gasteiger partial charge in [-0.3, -0.25) is 0 Å². The Hall–Kier alpha value is -1.72. The van der Waals surface area contributed by atoms with Gasteiger partial charge >= 0.3 is 0 Å². The quantitative estimate of drug-likeness (QED) is 0.679. The molecule has 0 radical (unpaired) electrons. The maximum Gasteiger partial charge on any atom is 0.0540 e. The summed E-state index contributed by atoms with van der Waals surface area (Å²) < 4.78 is 0. The third kappa shape index (κ3) is 1.88. The summed E-state index contributed by atoms with van der Waals surface area (Å²) in [6.45, 7) is 2.14. The number of fused-ring (bicyclic) bond motifs is 1. The Balaban J connectivity index is 2.51. The first-order valence-electron chi connectivity index (χ1n) is 5.00. The Bertz CT molecular complexity index is 528. The first-order valence-corrected chi connectivity index (χ1v) is 5.00. The van der Waals surface area contributed by atoms with Gasteiger partial charge in [0.2, 0.25) is 0 Å². The number of hydrogen-bond donors (Lipinski definition) is 2. The highest BCUT2D eigenvalue weighted by atomic mass is 16.2. The average Bonchev–Trinajstić information content (AvgIpc) is 2.56. The van der Waals surface area contributed by atoms with Gasteiger partial charge < -0.3 is 10.1 Å². The summed E-state index contributed by atoms with van der Waals surface area (Å²) in [5.41, 5.74) is 3.24. The van der Waals surface area contributed by atoms with Crippen molar-refractivity contribution in [2.75, 3.05) is 6.61 Å². The third-order valence-corrected chi connectivity index (χ3v) is 2.34. The lowest BCUT2D eigenvalue weighted by atomic mass is 10.1. The molecule has 0 aliphatic heterocycles. The molecule has 1 aromatic heterocycles. The lowest BCUT2D eigenvalue weighted by Gasteiger charge is -1.89. The van der Waals surface area contributed by atoms with Crippen LogP contribution in [0.4, 0.5) is 0 Å². The second-order valence-electron chi connectivity index (χ2n) is 3.45. The Kier molecular flexibility index (Phi) is 2.75. The number of aromatic amines is 1. The molecule has 0 amide bonds. The van der Waals surface area contributed by atoms with Crippen LogP contribution in [0.3, 0.4) is 0 Å². The standard InChI is InChI=1S/C13H13NO/c1-10-11(6-4-5-9-15)12-7-2-3-8-13(12)14-10/h2-3,7-8,14-15H,5,9H2,1H3. The van der Waals surface area contributed by atoms with E-state index in [0.717, 1.165) is 22.2 Å². The van der Waals surface area contributed by atoms with E-state index in [1.807, 2.05) is 25.1 Å². The van der Waals surface area contributed by atoms with Crippen LogP contribution in [0.5, 0.6) is 0 Å². The second-order valence-corrected chi connectivity index (χ2v) is 3.45. The summed E-state index contributed by atoms with van der Waals surface area (Å²) in [6, 6.07) is 8.11. The molecule has 76 valence electrons. The van der Waals surface area contributed by atoms with E-state index in [1.165, 1.54) is 0 Å². The minimum Gasteiger partial charge on any atom is -0.395 e. The van der Waals surface area contributed by atoms with Crippen LogP contribution in [0.2, 0.25) is 0 Å². The van der Waals surface area contributed by atoms with Gasteiger partial charge in [-0.25, -0.2) is 0 Å². The van der Waals surface area contributed by atoms with E-state index in [4.69, 9.17) is 5.11 Å². The molecule has 1 heterocycles. The number of aryl methyl sites for hydroxylation is 1. The van der Waals surface area contributed by atoms with Crippen molar-refractivity contribution in [1.29, 1.82) is 0 Å². The van der Waals surface area contributed by atoms with Gasteiger partial charge in [0.05, 0.1) is 12.2 Å². The average molecular weight is 199 g/mol. The van der Waals surface area contributed by atoms with Gasteiger partial charge in [-0.15, -0.1) is 0 Å². The van der Waals surface area contributed by atoms with Gasteiger partial charge in [0.1, 0.15) is 0 Å². The van der Waals surface area contributed by atoms with Gasteiger partial charge in [0.15, 0.2) is 0 Å². The maximum absolute atomic E-state index is 8.67. The van der Waals surface area contributed by atoms with Crippen LogP contribution in [-0.2, 0) is 0 Å². The molecule has 2 nitrogen and oxygen atoms in total. The van der Waals surface area contributed by atoms with Crippen molar-refractivity contribution >= 4 is 10.9 Å². The number of rotatable bonds is 1. The molecular weight excluding hydrogens is 186 g/mol. The molecule has 2 N–H and O–H groups in total. The molecule has 0 spiro atoms. The molecule has 0 atom stereocenters. The minimum atomic E-state index is 0.119. The van der Waals surface area contributed by atoms with Crippen molar-refractivity contribution in [2.24, 2.45) is 0 Å². The highest BCUT2D eigenvalue weighted by Gasteiger charge is 2.03. The first-order chi connectivity index (χ1) is 7.33. The molecule has 1 aromatic carbocycles. The fraction of sp³-hybridized carbons (Fsp3) is 0.231. The monoisotopic (exact) mass is 199 g/mol. The van der Waals surface area contributed by atoms with Crippen LogP contribution in [0.25, 0.3) is 10.9 Å². The molecular formula is C13H13NO. The van der Waals surface area contributed by atoms with Crippen molar-refractivity contribution in [3.63, 3.8) is 0 Å². The molecule has 2 heteroatoms. The Morgan fingerprint density at radius 2 is 2.13 bits per heavy atom. The highest BCUT2D eigenvalue weighted by molar-refractivity contribution is 5.87. The number of H-pyrrole nitrogens is 1. The summed E-state index contributed by atoms with van der Waals surface area (Å²) in [4.78, 5) is 3.29. The zero-order chi connectivity index (χ0) is 10.7. The topological polar surface area (TPSA) is 36.0 Å². The normalized spacial score (nSPS) is 10.0. The van der Waals surface area contributed by atoms with Crippen LogP contribution in [0.1, 0.15) is 17.7 Å². The fourth-order valence-electron chi connectivity index (χ4n) is 1.64. The molecule has 0 aliphatic rings. The second kappa shape index (κ2) is 4.20. The molecule has 0 saturated heterocycles. The van der Waals surface area contributed by atoms with Gasteiger partial charge in [0.25, 0.3) is 0 Å². The maximum atomic E-state index is 8.67. The zero-order valence-electron chi connectivity index (χ0n) is 8.67. The number of nitrogens with one attached hydrogen (secondary N) is 1. The molecule has 0 saturated carbocycles. The molecule has 2 rings (SSSR count). The molecule has 0 aliphatic carbocycles. The summed E-state index contributed by atoms with van der Waals surface area (Å²) >= 11 is 0. The van der Waals surface area contributed by atoms with Crippen molar-refractivity contribution in [3.8, 4) is 11.8 Å². The number of aliphatic hydroxyl groups is 1. The van der Waals surface area contributed by atoms with Crippen LogP contribution in [0.15, 0.2) is 24.3 Å². The van der Waals surface area contributed by atoms with Gasteiger partial charge in [-0.1, -0.05) is 30.0 Å². The predicted molar refractivity (Wildman–Crippen MR) is 61.6 cm³/mol. The smallest absolute Gasteiger partial charge is 0.0540 e. The third-order valence-electron chi connectivity index (χ3n) is 2.34. The molecule has 2 aromatic rings. The molecule has 0 fully saturated rings. The van der Waals surface area contributed by atoms with Gasteiger partial charge in [0, 0.05) is 23.0 Å². The zero-order valence-corrected chi connectivity index (χ0v) is 8.67. The van der Waals surface area contributed by atoms with Crippen LogP contribution in [-0.4, -0.2) is 16.7 Å². The molecule has 0 unspecified atom stereocenters. The van der Waals surface area contributed by atoms with Crippen molar-refractivity contribution in [3.05, 3.63) is 35.5 Å². The number of benzene rings is 1. The minimum absolute atomic E-state index is 0.119. The van der Waals surface area contributed by atoms with Crippen molar-refractivity contribution < 1.29 is 5.11 Å². The summed E-state index contributed by atoms with van der Waals surface area (Å²) in [6.07, 6.45) is 0.527. The van der Waals surface area contributed by atoms with Crippen molar-refractivity contribution in [2.45, 2.75) is 13.3 Å². The summed E-state index contributed by atoms with van der Waals surface area (Å²) in [5, 5.41) is 9.82. The van der Waals surface area contributed by atoms with Gasteiger partial charge in [-0.2, -0.15) is 0 Å². The van der Waals surface area contributed by atoms with E-state index in [-0.39, 0.29) is 6.61 Å². The van der Waals surface area contributed by atoms with E-state index in [2.05, 4.69) is 22.9 Å². The van der Waals surface area contributed by atoms with Crippen molar-refractivity contribution in [1.82, 2.24) is 4.98 Å². The number of para-hydroxylation sites is 1. The number of hydrogen-bond acceptors (Lipinski definition) is 1. The lowest BCUT2D eigenvalue weighted by molar-refractivity contribution is 0.305. The Labute approximate surface area is 88.9 Å². The SMILES string of the molecule is Cc1[nH]c2ccccc2c1C#CCCO. The van der Waals surface area contributed by atoms with E-state index >= 15 is 0 Å². The highest BCUT2D eigenvalue weighted by Crippen LogP contribution is 2.20. The van der Waals surface area contributed by atoms with E-state index in [0.29, 0.717) is 6.42 Å². The molecule has 0 bridgehead atoms. The molecule has 15 heavy (non-hydrogen) atoms. The Morgan fingerprint density at radius 1 is 1.33 bits per heavy atom. The largest absolute Gasteiger partial charge is 0.395 e. The predicted octanol–water partition coefficient (Wildman–Crippen LogP) is 2.21. The fourth-order valence-corrected chi connectivity index (χ4v) is 1.64. The lowest BCUT2D eigenvalue weighted by Crippen LogP contribution is -1.79. The van der Waals surface area contributed by atoms with E-state index in [1.54, 1.807) is 0 Å². The van der Waals surface area contributed by atoms with Gasteiger partial charge in [-0.05, 0) is 13.0 Å². The summed E-state index contributed by atoms with van der Waals surface area (Å²) in [7, 11) is 0. The Morgan fingerprint density at radius 3 is 2.93 bits per heavy atom. The summed E-state index contributed by atoms with van der Waals surface area (Å²) in [5.74, 6) is 6.05. The van der Waals surface area contributed by atoms with Crippen LogP contribution in [0, 0.1) is 18.8 Å².